The molecule has 2 heteroatoms. The van der Waals surface area contributed by atoms with Crippen molar-refractivity contribution in [2.24, 2.45) is 0 Å². The number of hydrogen-bond acceptors (Lipinski definition) is 1. The third-order valence-electron chi connectivity index (χ3n) is 4.28. The molecule has 0 aromatic rings. The molecule has 2 rings (SSSR count). The second kappa shape index (κ2) is 2.46. The summed E-state index contributed by atoms with van der Waals surface area (Å²) in [5, 5.41) is 0. The normalized spacial score (nSPS) is 47.8. The lowest BCUT2D eigenvalue weighted by molar-refractivity contribution is -0.944. The second-order valence-electron chi connectivity index (χ2n) is 5.11. The molecule has 0 aromatic carbocycles. The first-order valence-corrected chi connectivity index (χ1v) is 5.09. The average Bonchev–Trinajstić information content (AvgIpc) is 2.45. The number of piperazine rings is 1. The quantitative estimate of drug-likeness (QED) is 0.528. The van der Waals surface area contributed by atoms with Gasteiger partial charge in [0.15, 0.2) is 0 Å². The molecule has 0 aliphatic carbocycles. The Morgan fingerprint density at radius 3 is 2.42 bits per heavy atom. The van der Waals surface area contributed by atoms with Crippen LogP contribution in [0.2, 0.25) is 0 Å². The van der Waals surface area contributed by atoms with Gasteiger partial charge in [-0.25, -0.2) is 0 Å². The largest absolute Gasteiger partial charge is 0.319 e. The van der Waals surface area contributed by atoms with Crippen molar-refractivity contribution in [1.29, 1.82) is 0 Å². The van der Waals surface area contributed by atoms with E-state index in [0.717, 1.165) is 18.1 Å². The van der Waals surface area contributed by atoms with Crippen LogP contribution in [0.5, 0.6) is 0 Å². The Morgan fingerprint density at radius 2 is 2.08 bits per heavy atom. The van der Waals surface area contributed by atoms with Crippen molar-refractivity contribution in [3.8, 4) is 0 Å². The van der Waals surface area contributed by atoms with Crippen LogP contribution in [0, 0.1) is 0 Å². The molecule has 0 saturated carbocycles. The molecule has 12 heavy (non-hydrogen) atoms. The van der Waals surface area contributed by atoms with E-state index in [9.17, 15) is 0 Å². The Hall–Kier alpha value is -0.0800. The van der Waals surface area contributed by atoms with Gasteiger partial charge >= 0.3 is 0 Å². The number of nitrogens with zero attached hydrogens (tertiary/aromatic N) is 2. The fourth-order valence-electron chi connectivity index (χ4n) is 2.93. The molecule has 2 heterocycles. The smallest absolute Gasteiger partial charge is 0.104 e. The summed E-state index contributed by atoms with van der Waals surface area (Å²) in [6.07, 6.45) is 1.44. The molecule has 0 amide bonds. The second-order valence-corrected chi connectivity index (χ2v) is 5.11. The first-order chi connectivity index (χ1) is 5.54. The minimum Gasteiger partial charge on any atom is -0.319 e. The van der Waals surface area contributed by atoms with Gasteiger partial charge in [0.25, 0.3) is 0 Å². The third-order valence-corrected chi connectivity index (χ3v) is 4.28. The van der Waals surface area contributed by atoms with Crippen molar-refractivity contribution in [2.75, 3.05) is 27.2 Å². The van der Waals surface area contributed by atoms with Crippen LogP contribution in [0.1, 0.15) is 20.3 Å². The molecule has 2 fully saturated rings. The minimum atomic E-state index is 0.800. The van der Waals surface area contributed by atoms with E-state index >= 15 is 0 Å². The molecule has 0 radical (unpaired) electrons. The number of likely N-dealkylation sites (N-methyl/N-ethyl adjacent to an activating group) is 2. The first-order valence-electron chi connectivity index (χ1n) is 5.09. The van der Waals surface area contributed by atoms with Crippen LogP contribution < -0.4 is 0 Å². The number of hydrogen-bond donors (Lipinski definition) is 0. The van der Waals surface area contributed by atoms with E-state index in [1.165, 1.54) is 24.0 Å². The highest BCUT2D eigenvalue weighted by molar-refractivity contribution is 4.91. The molecule has 70 valence electrons. The van der Waals surface area contributed by atoms with Crippen LogP contribution in [-0.2, 0) is 0 Å². The molecule has 2 aliphatic rings. The van der Waals surface area contributed by atoms with Gasteiger partial charge in [-0.15, -0.1) is 0 Å². The molecule has 3 atom stereocenters. The number of rotatable bonds is 1. The number of likely N-dealkylation sites (tertiary alicyclic amines) is 2. The Bertz CT molecular complexity index is 188. The van der Waals surface area contributed by atoms with Gasteiger partial charge in [-0.1, -0.05) is 0 Å². The van der Waals surface area contributed by atoms with E-state index in [0.29, 0.717) is 0 Å². The highest BCUT2D eigenvalue weighted by atomic mass is 15.5. The molecule has 2 nitrogen and oxygen atoms in total. The van der Waals surface area contributed by atoms with Crippen molar-refractivity contribution in [3.63, 3.8) is 0 Å². The average molecular weight is 169 g/mol. The summed E-state index contributed by atoms with van der Waals surface area (Å²) in [5.74, 6) is 0. The maximum atomic E-state index is 2.53. The summed E-state index contributed by atoms with van der Waals surface area (Å²) in [7, 11) is 4.71. The zero-order valence-corrected chi connectivity index (χ0v) is 8.75. The van der Waals surface area contributed by atoms with Crippen LogP contribution in [0.3, 0.4) is 0 Å². The number of fused-ring (bicyclic) bond motifs is 2. The van der Waals surface area contributed by atoms with Gasteiger partial charge in [-0.05, 0) is 20.9 Å². The zero-order chi connectivity index (χ0) is 8.93. The molecule has 2 bridgehead atoms. The van der Waals surface area contributed by atoms with Crippen molar-refractivity contribution >= 4 is 0 Å². The van der Waals surface area contributed by atoms with E-state index in [-0.39, 0.29) is 0 Å². The van der Waals surface area contributed by atoms with Crippen LogP contribution in [0.15, 0.2) is 0 Å². The third kappa shape index (κ3) is 0.944. The van der Waals surface area contributed by atoms with Gasteiger partial charge in [0.05, 0.1) is 32.2 Å². The van der Waals surface area contributed by atoms with Gasteiger partial charge in [-0.3, -0.25) is 4.90 Å². The minimum absolute atomic E-state index is 0.800. The SMILES string of the molecule is CC(C)[N+]1(C)C[C@@H]2C[C@H]1CN2C. The molecule has 2 aliphatic heterocycles. The number of quaternary nitrogens is 1. The first kappa shape index (κ1) is 8.52. The maximum absolute atomic E-state index is 2.53. The van der Waals surface area contributed by atoms with Crippen LogP contribution in [0.25, 0.3) is 0 Å². The Kier molecular flexibility index (Phi) is 1.74. The fourth-order valence-corrected chi connectivity index (χ4v) is 2.93. The summed E-state index contributed by atoms with van der Waals surface area (Å²) in [6.45, 7) is 7.42. The van der Waals surface area contributed by atoms with Gasteiger partial charge in [0, 0.05) is 6.42 Å². The van der Waals surface area contributed by atoms with E-state index in [2.05, 4.69) is 32.8 Å². The predicted molar refractivity (Wildman–Crippen MR) is 51.0 cm³/mol. The molecule has 0 N–H and O–H groups in total. The van der Waals surface area contributed by atoms with Crippen molar-refractivity contribution in [3.05, 3.63) is 0 Å². The maximum Gasteiger partial charge on any atom is 0.104 e. The summed E-state index contributed by atoms with van der Waals surface area (Å²) < 4.78 is 1.31. The lowest BCUT2D eigenvalue weighted by Crippen LogP contribution is -2.60. The Morgan fingerprint density at radius 1 is 1.42 bits per heavy atom. The van der Waals surface area contributed by atoms with Crippen molar-refractivity contribution in [1.82, 2.24) is 4.90 Å². The summed E-state index contributed by atoms with van der Waals surface area (Å²) >= 11 is 0. The highest BCUT2D eigenvalue weighted by Crippen LogP contribution is 2.36. The van der Waals surface area contributed by atoms with Crippen LogP contribution in [0.4, 0.5) is 0 Å². The van der Waals surface area contributed by atoms with Crippen molar-refractivity contribution < 1.29 is 4.48 Å². The van der Waals surface area contributed by atoms with Gasteiger partial charge in [0.1, 0.15) is 6.04 Å². The standard InChI is InChI=1S/C10H21N2/c1-8(2)12(4)7-9-5-10(12)6-11(9)3/h8-10H,5-7H2,1-4H3/q+1/t9-,10-,12?/m0/s1. The molecule has 0 spiro atoms. The van der Waals surface area contributed by atoms with E-state index in [4.69, 9.17) is 0 Å². The van der Waals surface area contributed by atoms with E-state index in [1.807, 2.05) is 0 Å². The molecular weight excluding hydrogens is 148 g/mol. The van der Waals surface area contributed by atoms with Gasteiger partial charge < -0.3 is 4.48 Å². The Labute approximate surface area is 75.7 Å². The summed E-state index contributed by atoms with van der Waals surface area (Å²) in [5.41, 5.74) is 0. The predicted octanol–water partition coefficient (Wildman–Crippen LogP) is 0.928. The van der Waals surface area contributed by atoms with E-state index in [1.54, 1.807) is 0 Å². The van der Waals surface area contributed by atoms with E-state index < -0.39 is 0 Å². The molecular formula is C10H21N2+. The van der Waals surface area contributed by atoms with Gasteiger partial charge in [-0.2, -0.15) is 0 Å². The fraction of sp³-hybridized carbons (Fsp3) is 1.00. The summed E-state index contributed by atoms with van der Waals surface area (Å²) in [6, 6.07) is 2.59. The molecule has 2 saturated heterocycles. The topological polar surface area (TPSA) is 3.24 Å². The van der Waals surface area contributed by atoms with Crippen molar-refractivity contribution in [2.45, 2.75) is 38.4 Å². The highest BCUT2D eigenvalue weighted by Gasteiger charge is 2.52. The molecule has 0 aromatic heterocycles. The Balaban J connectivity index is 2.16. The summed E-state index contributed by atoms with van der Waals surface area (Å²) in [4.78, 5) is 2.53. The monoisotopic (exact) mass is 169 g/mol. The zero-order valence-electron chi connectivity index (χ0n) is 8.75. The van der Waals surface area contributed by atoms with Crippen LogP contribution in [-0.4, -0.2) is 54.7 Å². The lowest BCUT2D eigenvalue weighted by Gasteiger charge is -2.44. The lowest BCUT2D eigenvalue weighted by atomic mass is 10.2. The van der Waals surface area contributed by atoms with Gasteiger partial charge in [0.2, 0.25) is 0 Å². The van der Waals surface area contributed by atoms with Crippen LogP contribution >= 0.6 is 0 Å². The molecule has 1 unspecified atom stereocenters.